The lowest BCUT2D eigenvalue weighted by Crippen LogP contribution is -2.30. The number of nitrogens with zero attached hydrogens (tertiary/aromatic N) is 2. The van der Waals surface area contributed by atoms with E-state index >= 15 is 0 Å². The van der Waals surface area contributed by atoms with E-state index in [0.717, 1.165) is 17.5 Å². The highest BCUT2D eigenvalue weighted by Crippen LogP contribution is 2.43. The second-order valence-corrected chi connectivity index (χ2v) is 8.12. The molecule has 0 spiro atoms. The predicted molar refractivity (Wildman–Crippen MR) is 127 cm³/mol. The molecule has 4 rings (SSSR count). The Bertz CT molecular complexity index is 1230. The van der Waals surface area contributed by atoms with Gasteiger partial charge >= 0.3 is 0 Å². The van der Waals surface area contributed by atoms with Gasteiger partial charge in [0.25, 0.3) is 11.7 Å². The Hall–Kier alpha value is -3.93. The fraction of sp³-hybridized carbons (Fsp3) is 0.222. The zero-order valence-corrected chi connectivity index (χ0v) is 18.9. The predicted octanol–water partition coefficient (Wildman–Crippen LogP) is 5.11. The highest BCUT2D eigenvalue weighted by molar-refractivity contribution is 6.51. The van der Waals surface area contributed by atoms with E-state index in [9.17, 15) is 14.7 Å². The second-order valence-electron chi connectivity index (χ2n) is 8.12. The lowest BCUT2D eigenvalue weighted by Gasteiger charge is -2.27. The SMILES string of the molecule is CCCOc1cccc(/C(O)=C2\C(=O)C(=O)N(c3cc(C)ccc3C)C2c2ccncc2)c1. The minimum atomic E-state index is -0.784. The number of ether oxygens (including phenoxy) is 1. The van der Waals surface area contributed by atoms with Crippen molar-refractivity contribution >= 4 is 23.1 Å². The Kier molecular flexibility index (Phi) is 6.27. The Balaban J connectivity index is 1.91. The van der Waals surface area contributed by atoms with Gasteiger partial charge in [-0.25, -0.2) is 0 Å². The fourth-order valence-corrected chi connectivity index (χ4v) is 4.03. The van der Waals surface area contributed by atoms with Crippen LogP contribution in [0.4, 0.5) is 5.69 Å². The molecule has 1 aliphatic rings. The lowest BCUT2D eigenvalue weighted by atomic mass is 9.95. The summed E-state index contributed by atoms with van der Waals surface area (Å²) in [7, 11) is 0. The molecule has 1 N–H and O–H groups in total. The van der Waals surface area contributed by atoms with E-state index in [1.54, 1.807) is 48.8 Å². The largest absolute Gasteiger partial charge is 0.507 e. The van der Waals surface area contributed by atoms with Gasteiger partial charge in [-0.05, 0) is 67.3 Å². The van der Waals surface area contributed by atoms with E-state index < -0.39 is 17.7 Å². The van der Waals surface area contributed by atoms with E-state index in [0.29, 0.717) is 29.2 Å². The molecule has 3 aromatic rings. The molecule has 0 bridgehead atoms. The molecule has 168 valence electrons. The third-order valence-electron chi connectivity index (χ3n) is 5.67. The van der Waals surface area contributed by atoms with Gasteiger partial charge in [0.05, 0.1) is 18.2 Å². The molecule has 1 aliphatic heterocycles. The molecule has 6 nitrogen and oxygen atoms in total. The smallest absolute Gasteiger partial charge is 0.300 e. The molecule has 0 saturated carbocycles. The average molecular weight is 443 g/mol. The van der Waals surface area contributed by atoms with Crippen LogP contribution in [0.25, 0.3) is 5.76 Å². The summed E-state index contributed by atoms with van der Waals surface area (Å²) in [4.78, 5) is 32.1. The first-order chi connectivity index (χ1) is 15.9. The molecule has 1 atom stereocenters. The Morgan fingerprint density at radius 1 is 1.06 bits per heavy atom. The van der Waals surface area contributed by atoms with Crippen molar-refractivity contribution in [2.75, 3.05) is 11.5 Å². The van der Waals surface area contributed by atoms with E-state index in [2.05, 4.69) is 4.98 Å². The molecule has 1 amide bonds. The number of pyridine rings is 1. The molecular weight excluding hydrogens is 416 g/mol. The molecule has 1 aromatic heterocycles. The molecule has 1 saturated heterocycles. The Morgan fingerprint density at radius 3 is 2.55 bits per heavy atom. The fourth-order valence-electron chi connectivity index (χ4n) is 4.03. The summed E-state index contributed by atoms with van der Waals surface area (Å²) in [6.45, 7) is 6.38. The van der Waals surface area contributed by atoms with Crippen molar-refractivity contribution in [3.05, 3.63) is 94.8 Å². The second kappa shape index (κ2) is 9.28. The molecular formula is C27H26N2O4. The number of rotatable bonds is 6. The number of hydrogen-bond donors (Lipinski definition) is 1. The van der Waals surface area contributed by atoms with Gasteiger partial charge in [-0.3, -0.25) is 19.5 Å². The van der Waals surface area contributed by atoms with E-state index in [1.165, 1.54) is 4.90 Å². The van der Waals surface area contributed by atoms with Crippen LogP contribution >= 0.6 is 0 Å². The molecule has 2 aromatic carbocycles. The number of carbonyl (C=O) groups is 2. The van der Waals surface area contributed by atoms with Crippen LogP contribution in [-0.2, 0) is 9.59 Å². The maximum absolute atomic E-state index is 13.3. The van der Waals surface area contributed by atoms with E-state index in [4.69, 9.17) is 4.74 Å². The number of carbonyl (C=O) groups excluding carboxylic acids is 2. The highest BCUT2D eigenvalue weighted by Gasteiger charge is 2.47. The summed E-state index contributed by atoms with van der Waals surface area (Å²) in [6, 6.07) is 15.4. The number of aryl methyl sites for hydroxylation is 2. The van der Waals surface area contributed by atoms with Crippen LogP contribution < -0.4 is 9.64 Å². The third kappa shape index (κ3) is 4.24. The van der Waals surface area contributed by atoms with E-state index in [-0.39, 0.29) is 11.3 Å². The average Bonchev–Trinajstić information content (AvgIpc) is 3.10. The van der Waals surface area contributed by atoms with Gasteiger partial charge in [-0.1, -0.05) is 31.2 Å². The summed E-state index contributed by atoms with van der Waals surface area (Å²) in [5.74, 6) is -1.05. The van der Waals surface area contributed by atoms with Crippen molar-refractivity contribution in [3.63, 3.8) is 0 Å². The van der Waals surface area contributed by atoms with E-state index in [1.807, 2.05) is 39.0 Å². The zero-order chi connectivity index (χ0) is 23.5. The first-order valence-corrected chi connectivity index (χ1v) is 10.9. The van der Waals surface area contributed by atoms with Crippen molar-refractivity contribution < 1.29 is 19.4 Å². The number of aliphatic hydroxyl groups is 1. The zero-order valence-electron chi connectivity index (χ0n) is 18.9. The highest BCUT2D eigenvalue weighted by atomic mass is 16.5. The number of amides is 1. The van der Waals surface area contributed by atoms with Gasteiger partial charge < -0.3 is 9.84 Å². The Morgan fingerprint density at radius 2 is 1.82 bits per heavy atom. The number of benzene rings is 2. The number of anilines is 1. The van der Waals surface area contributed by atoms with Gasteiger partial charge in [0.2, 0.25) is 0 Å². The quantitative estimate of drug-likeness (QED) is 0.326. The van der Waals surface area contributed by atoms with Crippen molar-refractivity contribution in [1.29, 1.82) is 0 Å². The van der Waals surface area contributed by atoms with Crippen LogP contribution in [0.15, 0.2) is 72.6 Å². The van der Waals surface area contributed by atoms with Crippen LogP contribution in [0, 0.1) is 13.8 Å². The van der Waals surface area contributed by atoms with Gasteiger partial charge in [-0.2, -0.15) is 0 Å². The van der Waals surface area contributed by atoms with Crippen LogP contribution in [0.5, 0.6) is 5.75 Å². The summed E-state index contributed by atoms with van der Waals surface area (Å²) in [6.07, 6.45) is 4.06. The summed E-state index contributed by atoms with van der Waals surface area (Å²) < 4.78 is 5.68. The lowest BCUT2D eigenvalue weighted by molar-refractivity contribution is -0.132. The van der Waals surface area contributed by atoms with Gasteiger partial charge in [0, 0.05) is 23.6 Å². The van der Waals surface area contributed by atoms with Crippen molar-refractivity contribution in [2.24, 2.45) is 0 Å². The standard InChI is InChI=1S/C27H26N2O4/c1-4-14-33-21-7-5-6-20(16-21)25(30)23-24(19-10-12-28-13-11-19)29(27(32)26(23)31)22-15-17(2)8-9-18(22)3/h5-13,15-16,24,30H,4,14H2,1-3H3/b25-23+. The number of ketones is 1. The van der Waals surface area contributed by atoms with Crippen molar-refractivity contribution in [2.45, 2.75) is 33.2 Å². The van der Waals surface area contributed by atoms with Gasteiger partial charge in [0.15, 0.2) is 0 Å². The van der Waals surface area contributed by atoms with Crippen molar-refractivity contribution in [3.8, 4) is 5.75 Å². The molecule has 1 unspecified atom stereocenters. The number of aliphatic hydroxyl groups excluding tert-OH is 1. The van der Waals surface area contributed by atoms with Gasteiger partial charge in [0.1, 0.15) is 11.5 Å². The number of Topliss-reactive ketones (excluding diaryl/α,β-unsaturated/α-hetero) is 1. The van der Waals surface area contributed by atoms with Crippen LogP contribution in [-0.4, -0.2) is 28.4 Å². The number of aromatic nitrogens is 1. The maximum atomic E-state index is 13.3. The minimum Gasteiger partial charge on any atom is -0.507 e. The summed E-state index contributed by atoms with van der Waals surface area (Å²) >= 11 is 0. The molecule has 2 heterocycles. The third-order valence-corrected chi connectivity index (χ3v) is 5.67. The molecule has 1 fully saturated rings. The summed E-state index contributed by atoms with van der Waals surface area (Å²) in [5, 5.41) is 11.3. The maximum Gasteiger partial charge on any atom is 0.300 e. The monoisotopic (exact) mass is 442 g/mol. The van der Waals surface area contributed by atoms with Crippen molar-refractivity contribution in [1.82, 2.24) is 4.98 Å². The molecule has 33 heavy (non-hydrogen) atoms. The van der Waals surface area contributed by atoms with Crippen LogP contribution in [0.2, 0.25) is 0 Å². The Labute approximate surface area is 193 Å². The first kappa shape index (κ1) is 22.3. The number of hydrogen-bond acceptors (Lipinski definition) is 5. The minimum absolute atomic E-state index is 0.0414. The molecule has 0 aliphatic carbocycles. The first-order valence-electron chi connectivity index (χ1n) is 10.9. The molecule has 0 radical (unpaired) electrons. The van der Waals surface area contributed by atoms with Gasteiger partial charge in [-0.15, -0.1) is 0 Å². The topological polar surface area (TPSA) is 79.7 Å². The molecule has 6 heteroatoms. The normalized spacial score (nSPS) is 17.4. The van der Waals surface area contributed by atoms with Crippen LogP contribution in [0.3, 0.4) is 0 Å². The van der Waals surface area contributed by atoms with Crippen LogP contribution in [0.1, 0.15) is 41.6 Å². The summed E-state index contributed by atoms with van der Waals surface area (Å²) in [5.41, 5.74) is 3.60.